The van der Waals surface area contributed by atoms with Crippen LogP contribution in [0.4, 0.5) is 5.69 Å². The third kappa shape index (κ3) is 5.84. The van der Waals surface area contributed by atoms with E-state index in [-0.39, 0.29) is 25.3 Å². The molecule has 0 aliphatic carbocycles. The van der Waals surface area contributed by atoms with Crippen molar-refractivity contribution in [2.45, 2.75) is 26.2 Å². The zero-order valence-electron chi connectivity index (χ0n) is 11.8. The van der Waals surface area contributed by atoms with Crippen LogP contribution in [0.3, 0.4) is 0 Å². The first-order valence-electron chi connectivity index (χ1n) is 6.67. The molecule has 0 spiro atoms. The van der Waals surface area contributed by atoms with Gasteiger partial charge in [0.05, 0.1) is 19.1 Å². The molecule has 1 rings (SSSR count). The number of carbonyl (C=O) groups is 2. The number of esters is 1. The van der Waals surface area contributed by atoms with Crippen molar-refractivity contribution < 1.29 is 14.3 Å². The van der Waals surface area contributed by atoms with Crippen LogP contribution in [-0.2, 0) is 14.3 Å². The van der Waals surface area contributed by atoms with Gasteiger partial charge >= 0.3 is 5.97 Å². The molecule has 0 heterocycles. The molecule has 0 aliphatic rings. The second-order valence-electron chi connectivity index (χ2n) is 4.34. The van der Waals surface area contributed by atoms with E-state index in [0.717, 1.165) is 6.42 Å². The Labute approximate surface area is 129 Å². The molecule has 0 atom stereocenters. The van der Waals surface area contributed by atoms with Crippen LogP contribution in [-0.4, -0.2) is 25.0 Å². The fourth-order valence-electron chi connectivity index (χ4n) is 1.67. The molecule has 21 heavy (non-hydrogen) atoms. The average Bonchev–Trinajstić information content (AvgIpc) is 2.48. The van der Waals surface area contributed by atoms with Crippen LogP contribution < -0.4 is 4.90 Å². The lowest BCUT2D eigenvalue weighted by atomic mass is 10.2. The van der Waals surface area contributed by atoms with E-state index in [1.54, 1.807) is 24.3 Å². The Morgan fingerprint density at radius 2 is 2.14 bits per heavy atom. The summed E-state index contributed by atoms with van der Waals surface area (Å²) in [6.07, 6.45) is 0.737. The summed E-state index contributed by atoms with van der Waals surface area (Å²) in [5, 5.41) is 9.32. The molecule has 112 valence electrons. The molecular formula is C15H17ClN2O3. The Bertz CT molecular complexity index is 540. The number of nitriles is 1. The number of hydrogen-bond acceptors (Lipinski definition) is 4. The Morgan fingerprint density at radius 3 is 2.76 bits per heavy atom. The minimum atomic E-state index is -0.409. The zero-order valence-corrected chi connectivity index (χ0v) is 12.6. The quantitative estimate of drug-likeness (QED) is 0.573. The van der Waals surface area contributed by atoms with Gasteiger partial charge in [-0.05, 0) is 24.6 Å². The number of nitrogens with zero attached hydrogens (tertiary/aromatic N) is 2. The minimum Gasteiger partial charge on any atom is -0.466 e. The van der Waals surface area contributed by atoms with E-state index in [1.807, 2.05) is 13.0 Å². The van der Waals surface area contributed by atoms with Crippen molar-refractivity contribution in [2.24, 2.45) is 0 Å². The van der Waals surface area contributed by atoms with Gasteiger partial charge in [0.15, 0.2) is 0 Å². The van der Waals surface area contributed by atoms with Crippen LogP contribution in [0.1, 0.15) is 26.2 Å². The first-order valence-corrected chi connectivity index (χ1v) is 7.04. The van der Waals surface area contributed by atoms with Crippen molar-refractivity contribution in [3.05, 3.63) is 29.3 Å². The molecule has 1 amide bonds. The number of hydrogen-bond donors (Lipinski definition) is 0. The Hall–Kier alpha value is -2.06. The fraction of sp³-hybridized carbons (Fsp3) is 0.400. The maximum absolute atomic E-state index is 12.1. The third-order valence-corrected chi connectivity index (χ3v) is 2.90. The van der Waals surface area contributed by atoms with Crippen LogP contribution >= 0.6 is 11.6 Å². The number of halogens is 1. The molecule has 0 fully saturated rings. The summed E-state index contributed by atoms with van der Waals surface area (Å²) in [4.78, 5) is 24.9. The summed E-state index contributed by atoms with van der Waals surface area (Å²) in [6.45, 7) is 2.15. The standard InChI is InChI=1S/C15H17ClN2O3/c1-2-10-21-15(20)7-6-14(19)18(9-8-17)13-5-3-4-12(16)11-13/h3-5,11H,2,6-7,9-10H2,1H3. The second kappa shape index (κ2) is 8.98. The van der Waals surface area contributed by atoms with Gasteiger partial charge in [-0.25, -0.2) is 0 Å². The van der Waals surface area contributed by atoms with Crippen molar-refractivity contribution >= 4 is 29.2 Å². The van der Waals surface area contributed by atoms with Crippen molar-refractivity contribution in [3.8, 4) is 6.07 Å². The maximum atomic E-state index is 12.1. The van der Waals surface area contributed by atoms with E-state index in [1.165, 1.54) is 4.90 Å². The number of amides is 1. The average molecular weight is 309 g/mol. The molecule has 0 saturated heterocycles. The Morgan fingerprint density at radius 1 is 1.38 bits per heavy atom. The molecule has 0 aromatic heterocycles. The lowest BCUT2D eigenvalue weighted by Gasteiger charge is -2.19. The number of benzene rings is 1. The lowest BCUT2D eigenvalue weighted by Crippen LogP contribution is -2.31. The third-order valence-electron chi connectivity index (χ3n) is 2.66. The number of ether oxygens (including phenoxy) is 1. The highest BCUT2D eigenvalue weighted by atomic mass is 35.5. The summed E-state index contributed by atoms with van der Waals surface area (Å²) in [7, 11) is 0. The van der Waals surface area contributed by atoms with E-state index in [0.29, 0.717) is 17.3 Å². The molecule has 0 N–H and O–H groups in total. The smallest absolute Gasteiger partial charge is 0.306 e. The summed E-state index contributed by atoms with van der Waals surface area (Å²) in [5.41, 5.74) is 0.538. The first-order chi connectivity index (χ1) is 10.1. The van der Waals surface area contributed by atoms with Gasteiger partial charge in [0, 0.05) is 17.1 Å². The van der Waals surface area contributed by atoms with E-state index >= 15 is 0 Å². The topological polar surface area (TPSA) is 70.4 Å². The molecular weight excluding hydrogens is 292 g/mol. The first kappa shape index (κ1) is 17.0. The maximum Gasteiger partial charge on any atom is 0.306 e. The highest BCUT2D eigenvalue weighted by Gasteiger charge is 2.17. The van der Waals surface area contributed by atoms with Gasteiger partial charge in [0.25, 0.3) is 0 Å². The highest BCUT2D eigenvalue weighted by Crippen LogP contribution is 2.20. The Balaban J connectivity index is 2.66. The van der Waals surface area contributed by atoms with Crippen LogP contribution in [0.2, 0.25) is 5.02 Å². The zero-order chi connectivity index (χ0) is 15.7. The molecule has 0 saturated carbocycles. The highest BCUT2D eigenvalue weighted by molar-refractivity contribution is 6.30. The lowest BCUT2D eigenvalue weighted by molar-refractivity contribution is -0.144. The molecule has 0 bridgehead atoms. The molecule has 0 aliphatic heterocycles. The van der Waals surface area contributed by atoms with Gasteiger partial charge in [0.2, 0.25) is 5.91 Å². The summed E-state index contributed by atoms with van der Waals surface area (Å²) in [6, 6.07) is 8.61. The predicted molar refractivity (Wildman–Crippen MR) is 79.9 cm³/mol. The molecule has 1 aromatic rings. The van der Waals surface area contributed by atoms with Crippen molar-refractivity contribution in [1.82, 2.24) is 0 Å². The van der Waals surface area contributed by atoms with E-state index in [4.69, 9.17) is 21.6 Å². The van der Waals surface area contributed by atoms with Gasteiger partial charge in [-0.3, -0.25) is 14.5 Å². The monoisotopic (exact) mass is 308 g/mol. The van der Waals surface area contributed by atoms with Gasteiger partial charge in [-0.1, -0.05) is 24.6 Å². The number of anilines is 1. The normalized spacial score (nSPS) is 9.76. The summed E-state index contributed by atoms with van der Waals surface area (Å²) >= 11 is 5.88. The van der Waals surface area contributed by atoms with E-state index < -0.39 is 5.97 Å². The predicted octanol–water partition coefficient (Wildman–Crippen LogP) is 2.93. The number of rotatable bonds is 7. The summed E-state index contributed by atoms with van der Waals surface area (Å²) in [5.74, 6) is -0.722. The number of carbonyl (C=O) groups excluding carboxylic acids is 2. The molecule has 5 nitrogen and oxygen atoms in total. The second-order valence-corrected chi connectivity index (χ2v) is 4.77. The SMILES string of the molecule is CCCOC(=O)CCC(=O)N(CC#N)c1cccc(Cl)c1. The minimum absolute atomic E-state index is 0.00132. The molecule has 0 unspecified atom stereocenters. The van der Waals surface area contributed by atoms with Crippen LogP contribution in [0, 0.1) is 11.3 Å². The van der Waals surface area contributed by atoms with Crippen molar-refractivity contribution in [2.75, 3.05) is 18.1 Å². The van der Waals surface area contributed by atoms with Crippen molar-refractivity contribution in [3.63, 3.8) is 0 Å². The summed E-state index contributed by atoms with van der Waals surface area (Å²) < 4.78 is 4.91. The Kier molecular flexibility index (Phi) is 7.27. The largest absolute Gasteiger partial charge is 0.466 e. The van der Waals surface area contributed by atoms with Crippen LogP contribution in [0.5, 0.6) is 0 Å². The van der Waals surface area contributed by atoms with E-state index in [9.17, 15) is 9.59 Å². The molecule has 0 radical (unpaired) electrons. The van der Waals surface area contributed by atoms with Gasteiger partial charge in [0.1, 0.15) is 6.54 Å². The molecule has 6 heteroatoms. The van der Waals surface area contributed by atoms with Crippen LogP contribution in [0.15, 0.2) is 24.3 Å². The van der Waals surface area contributed by atoms with Gasteiger partial charge in [-0.15, -0.1) is 0 Å². The van der Waals surface area contributed by atoms with E-state index in [2.05, 4.69) is 0 Å². The fourth-order valence-corrected chi connectivity index (χ4v) is 1.85. The van der Waals surface area contributed by atoms with Crippen LogP contribution in [0.25, 0.3) is 0 Å². The van der Waals surface area contributed by atoms with Gasteiger partial charge < -0.3 is 4.74 Å². The van der Waals surface area contributed by atoms with Gasteiger partial charge in [-0.2, -0.15) is 5.26 Å². The van der Waals surface area contributed by atoms with Crippen molar-refractivity contribution in [1.29, 1.82) is 5.26 Å². The molecule has 1 aromatic carbocycles.